The van der Waals surface area contributed by atoms with E-state index < -0.39 is 18.9 Å². The van der Waals surface area contributed by atoms with Gasteiger partial charge in [-0.25, -0.2) is 8.78 Å². The number of aromatic nitrogens is 2. The third-order valence-electron chi connectivity index (χ3n) is 3.53. The molecule has 6 nitrogen and oxygen atoms in total. The first kappa shape index (κ1) is 16.8. The molecule has 0 spiro atoms. The van der Waals surface area contributed by atoms with Gasteiger partial charge in [-0.15, -0.1) is 0 Å². The summed E-state index contributed by atoms with van der Waals surface area (Å²) in [5.74, 6) is -0.391. The molecule has 1 N–H and O–H groups in total. The Bertz CT molecular complexity index is 506. The van der Waals surface area contributed by atoms with Crippen LogP contribution in [0.1, 0.15) is 23.4 Å². The molecule has 0 fully saturated rings. The summed E-state index contributed by atoms with van der Waals surface area (Å²) in [5.41, 5.74) is 2.94. The number of carbonyl (C=O) groups is 1. The van der Waals surface area contributed by atoms with Gasteiger partial charge >= 0.3 is 0 Å². The summed E-state index contributed by atoms with van der Waals surface area (Å²) in [7, 11) is 1.63. The molecule has 22 heavy (non-hydrogen) atoms. The molecule has 8 heteroatoms. The van der Waals surface area contributed by atoms with Gasteiger partial charge in [0.15, 0.2) is 0 Å². The number of nitrogens with zero attached hydrogens (tertiary/aromatic N) is 2. The fraction of sp³-hybridized carbons (Fsp3) is 0.714. The van der Waals surface area contributed by atoms with Crippen LogP contribution >= 0.6 is 0 Å². The van der Waals surface area contributed by atoms with Gasteiger partial charge in [-0.05, 0) is 0 Å². The SMILES string of the molecule is COCCn1nc(CCC(=O)NCC(F)F)c2c1CCOC2. The van der Waals surface area contributed by atoms with Gasteiger partial charge in [0.25, 0.3) is 6.43 Å². The van der Waals surface area contributed by atoms with Gasteiger partial charge in [-0.3, -0.25) is 9.48 Å². The number of hydrogen-bond acceptors (Lipinski definition) is 4. The molecule has 0 bridgehead atoms. The summed E-state index contributed by atoms with van der Waals surface area (Å²) in [4.78, 5) is 11.5. The third kappa shape index (κ3) is 4.48. The Morgan fingerprint density at radius 1 is 1.55 bits per heavy atom. The number of halogens is 2. The molecule has 1 aromatic rings. The van der Waals surface area contributed by atoms with Crippen LogP contribution in [0.15, 0.2) is 0 Å². The molecule has 1 aliphatic heterocycles. The number of hydrogen-bond donors (Lipinski definition) is 1. The van der Waals surface area contributed by atoms with Gasteiger partial charge in [-0.1, -0.05) is 0 Å². The smallest absolute Gasteiger partial charge is 0.255 e. The van der Waals surface area contributed by atoms with E-state index in [2.05, 4.69) is 10.4 Å². The van der Waals surface area contributed by atoms with Crippen LogP contribution in [0.25, 0.3) is 0 Å². The lowest BCUT2D eigenvalue weighted by Gasteiger charge is -2.15. The summed E-state index contributed by atoms with van der Waals surface area (Å²) in [6, 6.07) is 0. The lowest BCUT2D eigenvalue weighted by molar-refractivity contribution is -0.121. The number of amides is 1. The fourth-order valence-corrected chi connectivity index (χ4v) is 2.45. The van der Waals surface area contributed by atoms with Crippen LogP contribution in [-0.4, -0.2) is 49.0 Å². The van der Waals surface area contributed by atoms with Crippen LogP contribution in [0.4, 0.5) is 8.78 Å². The van der Waals surface area contributed by atoms with Crippen molar-refractivity contribution < 1.29 is 23.0 Å². The van der Waals surface area contributed by atoms with E-state index in [1.165, 1.54) is 0 Å². The van der Waals surface area contributed by atoms with E-state index in [0.29, 0.717) is 32.8 Å². The molecular formula is C14H21F2N3O3. The number of methoxy groups -OCH3 is 1. The first-order chi connectivity index (χ1) is 10.6. The van der Waals surface area contributed by atoms with Crippen LogP contribution in [0, 0.1) is 0 Å². The number of carbonyl (C=O) groups excluding carboxylic acids is 1. The maximum atomic E-state index is 12.0. The normalized spacial score (nSPS) is 14.2. The second-order valence-corrected chi connectivity index (χ2v) is 5.09. The summed E-state index contributed by atoms with van der Waals surface area (Å²) in [6.45, 7) is 1.73. The summed E-state index contributed by atoms with van der Waals surface area (Å²) in [5, 5.41) is 6.72. The summed E-state index contributed by atoms with van der Waals surface area (Å²) < 4.78 is 36.5. The second kappa shape index (κ2) is 8.19. The minimum absolute atomic E-state index is 0.139. The Morgan fingerprint density at radius 3 is 3.09 bits per heavy atom. The third-order valence-corrected chi connectivity index (χ3v) is 3.53. The average Bonchev–Trinajstić information content (AvgIpc) is 2.87. The number of ether oxygens (including phenoxy) is 2. The van der Waals surface area contributed by atoms with Crippen molar-refractivity contribution in [2.75, 3.05) is 26.9 Å². The van der Waals surface area contributed by atoms with E-state index in [0.717, 1.165) is 23.4 Å². The molecule has 0 aromatic carbocycles. The number of alkyl halides is 2. The molecule has 0 saturated carbocycles. The van der Waals surface area contributed by atoms with Gasteiger partial charge < -0.3 is 14.8 Å². The Kier molecular flexibility index (Phi) is 6.26. The van der Waals surface area contributed by atoms with Crippen molar-refractivity contribution in [2.45, 2.75) is 38.8 Å². The van der Waals surface area contributed by atoms with Crippen molar-refractivity contribution in [2.24, 2.45) is 0 Å². The summed E-state index contributed by atoms with van der Waals surface area (Å²) >= 11 is 0. The molecule has 0 atom stereocenters. The molecule has 1 aliphatic rings. The zero-order valence-corrected chi connectivity index (χ0v) is 12.6. The molecule has 1 amide bonds. The van der Waals surface area contributed by atoms with E-state index in [-0.39, 0.29) is 6.42 Å². The molecular weight excluding hydrogens is 296 g/mol. The van der Waals surface area contributed by atoms with Crippen molar-refractivity contribution in [3.05, 3.63) is 17.0 Å². The molecule has 124 valence electrons. The summed E-state index contributed by atoms with van der Waals surface area (Å²) in [6.07, 6.45) is -1.19. The minimum Gasteiger partial charge on any atom is -0.383 e. The van der Waals surface area contributed by atoms with Crippen molar-refractivity contribution in [1.29, 1.82) is 0 Å². The zero-order chi connectivity index (χ0) is 15.9. The maximum Gasteiger partial charge on any atom is 0.255 e. The topological polar surface area (TPSA) is 65.4 Å². The van der Waals surface area contributed by atoms with Gasteiger partial charge in [0.2, 0.25) is 5.91 Å². The maximum absolute atomic E-state index is 12.0. The predicted octanol–water partition coefficient (Wildman–Crippen LogP) is 0.916. The quantitative estimate of drug-likeness (QED) is 0.774. The number of rotatable bonds is 8. The van der Waals surface area contributed by atoms with Gasteiger partial charge in [-0.2, -0.15) is 5.10 Å². The number of aryl methyl sites for hydroxylation is 1. The van der Waals surface area contributed by atoms with E-state index in [1.54, 1.807) is 7.11 Å². The molecule has 0 radical (unpaired) electrons. The highest BCUT2D eigenvalue weighted by molar-refractivity contribution is 5.76. The van der Waals surface area contributed by atoms with E-state index in [1.807, 2.05) is 4.68 Å². The molecule has 0 unspecified atom stereocenters. The van der Waals surface area contributed by atoms with E-state index >= 15 is 0 Å². The van der Waals surface area contributed by atoms with Crippen LogP contribution in [0.3, 0.4) is 0 Å². The van der Waals surface area contributed by atoms with Gasteiger partial charge in [0.05, 0.1) is 38.6 Å². The van der Waals surface area contributed by atoms with Crippen LogP contribution in [0.2, 0.25) is 0 Å². The fourth-order valence-electron chi connectivity index (χ4n) is 2.45. The van der Waals surface area contributed by atoms with Crippen LogP contribution in [-0.2, 0) is 40.3 Å². The van der Waals surface area contributed by atoms with Crippen molar-refractivity contribution in [1.82, 2.24) is 15.1 Å². The molecule has 2 rings (SSSR count). The molecule has 0 aliphatic carbocycles. The van der Waals surface area contributed by atoms with E-state index in [4.69, 9.17) is 9.47 Å². The van der Waals surface area contributed by atoms with Crippen molar-refractivity contribution in [3.8, 4) is 0 Å². The monoisotopic (exact) mass is 317 g/mol. The molecule has 1 aromatic heterocycles. The van der Waals surface area contributed by atoms with Gasteiger partial charge in [0.1, 0.15) is 0 Å². The van der Waals surface area contributed by atoms with Crippen molar-refractivity contribution >= 4 is 5.91 Å². The largest absolute Gasteiger partial charge is 0.383 e. The zero-order valence-electron chi connectivity index (χ0n) is 12.6. The number of fused-ring (bicyclic) bond motifs is 1. The highest BCUT2D eigenvalue weighted by Gasteiger charge is 2.21. The average molecular weight is 317 g/mol. The Morgan fingerprint density at radius 2 is 2.36 bits per heavy atom. The van der Waals surface area contributed by atoms with Crippen LogP contribution in [0.5, 0.6) is 0 Å². The second-order valence-electron chi connectivity index (χ2n) is 5.09. The Labute approximate surface area is 127 Å². The standard InChI is InChI=1S/C14H21F2N3O3/c1-21-7-5-19-12-4-6-22-9-10(12)11(18-19)2-3-14(20)17-8-13(15)16/h13H,2-9H2,1H3,(H,17,20). The highest BCUT2D eigenvalue weighted by atomic mass is 19.3. The van der Waals surface area contributed by atoms with Gasteiger partial charge in [0, 0.05) is 37.6 Å². The number of nitrogens with one attached hydrogen (secondary N) is 1. The molecule has 0 saturated heterocycles. The Hall–Kier alpha value is -1.54. The minimum atomic E-state index is -2.53. The molecule has 2 heterocycles. The van der Waals surface area contributed by atoms with Crippen LogP contribution < -0.4 is 5.32 Å². The highest BCUT2D eigenvalue weighted by Crippen LogP contribution is 2.22. The lowest BCUT2D eigenvalue weighted by Crippen LogP contribution is -2.28. The van der Waals surface area contributed by atoms with E-state index in [9.17, 15) is 13.6 Å². The lowest BCUT2D eigenvalue weighted by atomic mass is 10.1. The first-order valence-corrected chi connectivity index (χ1v) is 7.30. The van der Waals surface area contributed by atoms with Crippen molar-refractivity contribution in [3.63, 3.8) is 0 Å². The Balaban J connectivity index is 1.98. The first-order valence-electron chi connectivity index (χ1n) is 7.30. The predicted molar refractivity (Wildman–Crippen MR) is 74.8 cm³/mol.